The molecule has 4 heteroatoms. The number of hydrogen-bond acceptors (Lipinski definition) is 3. The molecule has 3 rings (SSSR count). The van der Waals surface area contributed by atoms with Gasteiger partial charge in [0, 0.05) is 6.42 Å². The second-order valence-electron chi connectivity index (χ2n) is 4.64. The van der Waals surface area contributed by atoms with Crippen LogP contribution in [0.3, 0.4) is 0 Å². The summed E-state index contributed by atoms with van der Waals surface area (Å²) in [5.74, 6) is -0.899. The Bertz CT molecular complexity index is 787. The molecule has 0 aliphatic rings. The van der Waals surface area contributed by atoms with E-state index in [0.29, 0.717) is 17.0 Å². The van der Waals surface area contributed by atoms with Gasteiger partial charge in [-0.3, -0.25) is 0 Å². The summed E-state index contributed by atoms with van der Waals surface area (Å²) >= 11 is 1.26. The minimum absolute atomic E-state index is 0.334. The van der Waals surface area contributed by atoms with E-state index < -0.39 is 5.97 Å². The number of benzene rings is 2. The van der Waals surface area contributed by atoms with Gasteiger partial charge in [-0.15, -0.1) is 11.3 Å². The summed E-state index contributed by atoms with van der Waals surface area (Å²) in [5, 5.41) is 12.3. The molecule has 0 bridgehead atoms. The normalized spacial score (nSPS) is 10.8. The molecule has 0 atom stereocenters. The maximum absolute atomic E-state index is 11.1. The highest BCUT2D eigenvalue weighted by Gasteiger charge is 2.14. The summed E-state index contributed by atoms with van der Waals surface area (Å²) in [6.07, 6.45) is 0.667. The highest BCUT2D eigenvalue weighted by Crippen LogP contribution is 2.25. The molecule has 0 spiro atoms. The molecular formula is C16H13NO2S. The van der Waals surface area contributed by atoms with Gasteiger partial charge in [0.1, 0.15) is 4.88 Å². The van der Waals surface area contributed by atoms with E-state index >= 15 is 0 Å². The molecule has 0 amide bonds. The SMILES string of the molecule is Cc1nc(Cc2cccc3ccccc23)sc1C(=O)O. The van der Waals surface area contributed by atoms with Crippen LogP contribution in [0, 0.1) is 6.92 Å². The quantitative estimate of drug-likeness (QED) is 0.793. The molecule has 3 aromatic rings. The molecule has 1 heterocycles. The number of aromatic nitrogens is 1. The third-order valence-corrected chi connectivity index (χ3v) is 4.40. The number of nitrogens with zero attached hydrogens (tertiary/aromatic N) is 1. The number of carboxylic acid groups (broad SMARTS) is 1. The lowest BCUT2D eigenvalue weighted by Gasteiger charge is -2.04. The van der Waals surface area contributed by atoms with Gasteiger partial charge >= 0.3 is 5.97 Å². The van der Waals surface area contributed by atoms with Gasteiger partial charge in [0.2, 0.25) is 0 Å². The molecule has 20 heavy (non-hydrogen) atoms. The summed E-state index contributed by atoms with van der Waals surface area (Å²) < 4.78 is 0. The summed E-state index contributed by atoms with van der Waals surface area (Å²) in [6.45, 7) is 1.74. The van der Waals surface area contributed by atoms with E-state index in [9.17, 15) is 4.79 Å². The number of rotatable bonds is 3. The first-order valence-electron chi connectivity index (χ1n) is 6.31. The second kappa shape index (κ2) is 5.06. The fourth-order valence-corrected chi connectivity index (χ4v) is 3.26. The molecule has 0 saturated carbocycles. The van der Waals surface area contributed by atoms with Crippen LogP contribution in [-0.4, -0.2) is 16.1 Å². The lowest BCUT2D eigenvalue weighted by molar-refractivity contribution is 0.0701. The van der Waals surface area contributed by atoms with Gasteiger partial charge in [-0.25, -0.2) is 9.78 Å². The first-order valence-corrected chi connectivity index (χ1v) is 7.13. The predicted molar refractivity (Wildman–Crippen MR) is 80.6 cm³/mol. The lowest BCUT2D eigenvalue weighted by atomic mass is 10.0. The average molecular weight is 283 g/mol. The van der Waals surface area contributed by atoms with Crippen molar-refractivity contribution in [2.75, 3.05) is 0 Å². The fourth-order valence-electron chi connectivity index (χ4n) is 2.34. The number of carbonyl (C=O) groups is 1. The molecule has 0 aliphatic carbocycles. The Balaban J connectivity index is 2.01. The van der Waals surface area contributed by atoms with E-state index in [0.717, 1.165) is 5.01 Å². The summed E-state index contributed by atoms with van der Waals surface area (Å²) in [4.78, 5) is 15.8. The van der Waals surface area contributed by atoms with Crippen molar-refractivity contribution in [3.05, 3.63) is 63.6 Å². The highest BCUT2D eigenvalue weighted by molar-refractivity contribution is 7.13. The van der Waals surface area contributed by atoms with E-state index in [-0.39, 0.29) is 0 Å². The van der Waals surface area contributed by atoms with Crippen molar-refractivity contribution >= 4 is 28.1 Å². The van der Waals surface area contributed by atoms with Gasteiger partial charge in [0.05, 0.1) is 10.7 Å². The van der Waals surface area contributed by atoms with E-state index in [4.69, 9.17) is 5.11 Å². The Morgan fingerprint density at radius 2 is 1.95 bits per heavy atom. The van der Waals surface area contributed by atoms with Gasteiger partial charge in [-0.1, -0.05) is 42.5 Å². The van der Waals surface area contributed by atoms with Gasteiger partial charge in [-0.05, 0) is 23.3 Å². The number of carboxylic acids is 1. The molecule has 0 saturated heterocycles. The number of fused-ring (bicyclic) bond motifs is 1. The van der Waals surface area contributed by atoms with Crippen LogP contribution in [0.15, 0.2) is 42.5 Å². The number of thiazole rings is 1. The number of aryl methyl sites for hydroxylation is 1. The van der Waals surface area contributed by atoms with E-state index in [1.54, 1.807) is 6.92 Å². The van der Waals surface area contributed by atoms with Crippen LogP contribution in [0.1, 0.15) is 25.9 Å². The zero-order chi connectivity index (χ0) is 14.1. The average Bonchev–Trinajstić information content (AvgIpc) is 2.80. The zero-order valence-electron chi connectivity index (χ0n) is 11.0. The van der Waals surface area contributed by atoms with Gasteiger partial charge < -0.3 is 5.11 Å². The van der Waals surface area contributed by atoms with E-state index in [2.05, 4.69) is 29.2 Å². The Morgan fingerprint density at radius 3 is 2.70 bits per heavy atom. The minimum Gasteiger partial charge on any atom is -0.477 e. The third-order valence-electron chi connectivity index (χ3n) is 3.26. The number of aromatic carboxylic acids is 1. The molecule has 1 N–H and O–H groups in total. The van der Waals surface area contributed by atoms with Crippen molar-refractivity contribution in [2.45, 2.75) is 13.3 Å². The van der Waals surface area contributed by atoms with Crippen molar-refractivity contribution in [3.8, 4) is 0 Å². The predicted octanol–water partition coefficient (Wildman–Crippen LogP) is 3.89. The highest BCUT2D eigenvalue weighted by atomic mass is 32.1. The fraction of sp³-hybridized carbons (Fsp3) is 0.125. The van der Waals surface area contributed by atoms with E-state index in [1.807, 2.05) is 18.2 Å². The summed E-state index contributed by atoms with van der Waals surface area (Å²) in [7, 11) is 0. The second-order valence-corrected chi connectivity index (χ2v) is 5.73. The largest absolute Gasteiger partial charge is 0.477 e. The van der Waals surface area contributed by atoms with Crippen LogP contribution in [0.4, 0.5) is 0 Å². The van der Waals surface area contributed by atoms with Gasteiger partial charge in [0.15, 0.2) is 0 Å². The first-order chi connectivity index (χ1) is 9.65. The van der Waals surface area contributed by atoms with Crippen molar-refractivity contribution < 1.29 is 9.90 Å². The first kappa shape index (κ1) is 12.8. The van der Waals surface area contributed by atoms with Crippen LogP contribution in [0.25, 0.3) is 10.8 Å². The van der Waals surface area contributed by atoms with E-state index in [1.165, 1.54) is 27.7 Å². The van der Waals surface area contributed by atoms with Gasteiger partial charge in [0.25, 0.3) is 0 Å². The van der Waals surface area contributed by atoms with Crippen molar-refractivity contribution in [1.29, 1.82) is 0 Å². The monoisotopic (exact) mass is 283 g/mol. The van der Waals surface area contributed by atoms with Crippen molar-refractivity contribution in [2.24, 2.45) is 0 Å². The molecule has 2 aromatic carbocycles. The molecule has 1 aromatic heterocycles. The molecule has 100 valence electrons. The zero-order valence-corrected chi connectivity index (χ0v) is 11.8. The Morgan fingerprint density at radius 1 is 1.20 bits per heavy atom. The minimum atomic E-state index is -0.899. The van der Waals surface area contributed by atoms with Crippen LogP contribution in [0.2, 0.25) is 0 Å². The van der Waals surface area contributed by atoms with Crippen LogP contribution < -0.4 is 0 Å². The van der Waals surface area contributed by atoms with Gasteiger partial charge in [-0.2, -0.15) is 0 Å². The van der Waals surface area contributed by atoms with Crippen LogP contribution in [0.5, 0.6) is 0 Å². The molecule has 3 nitrogen and oxygen atoms in total. The van der Waals surface area contributed by atoms with Crippen molar-refractivity contribution in [1.82, 2.24) is 4.98 Å². The Hall–Kier alpha value is -2.20. The summed E-state index contributed by atoms with van der Waals surface area (Å²) in [6, 6.07) is 14.4. The number of hydrogen-bond donors (Lipinski definition) is 1. The molecule has 0 unspecified atom stereocenters. The Labute approximate surface area is 120 Å². The summed E-state index contributed by atoms with van der Waals surface area (Å²) in [5.41, 5.74) is 1.77. The van der Waals surface area contributed by atoms with Crippen LogP contribution >= 0.6 is 11.3 Å². The topological polar surface area (TPSA) is 50.2 Å². The maximum atomic E-state index is 11.1. The molecular weight excluding hydrogens is 270 g/mol. The molecule has 0 radical (unpaired) electrons. The Kier molecular flexibility index (Phi) is 3.24. The molecule has 0 fully saturated rings. The maximum Gasteiger partial charge on any atom is 0.347 e. The third kappa shape index (κ3) is 2.30. The van der Waals surface area contributed by atoms with Crippen LogP contribution in [-0.2, 0) is 6.42 Å². The smallest absolute Gasteiger partial charge is 0.347 e. The molecule has 0 aliphatic heterocycles. The lowest BCUT2D eigenvalue weighted by Crippen LogP contribution is -1.94. The standard InChI is InChI=1S/C16H13NO2S/c1-10-15(16(18)19)20-14(17-10)9-12-7-4-6-11-5-2-3-8-13(11)12/h2-8H,9H2,1H3,(H,18,19). The van der Waals surface area contributed by atoms with Crippen molar-refractivity contribution in [3.63, 3.8) is 0 Å².